The van der Waals surface area contributed by atoms with Crippen molar-refractivity contribution in [1.82, 2.24) is 20.5 Å². The van der Waals surface area contributed by atoms with Crippen molar-refractivity contribution in [3.63, 3.8) is 0 Å². The number of aromatic nitrogens is 3. The molecule has 2 rings (SSSR count). The van der Waals surface area contributed by atoms with Gasteiger partial charge in [0.15, 0.2) is 0 Å². The predicted molar refractivity (Wildman–Crippen MR) is 75.4 cm³/mol. The first-order valence-electron chi connectivity index (χ1n) is 6.15. The number of aryl methyl sites for hydroxylation is 1. The molecule has 0 saturated carbocycles. The SMILES string of the molecule is C[C@@H](NC(=O)CCc1cc(F)ccc1Br)c1ncn[nH]1. The van der Waals surface area contributed by atoms with E-state index in [0.717, 1.165) is 10.0 Å². The van der Waals surface area contributed by atoms with Gasteiger partial charge in [-0.25, -0.2) is 9.37 Å². The quantitative estimate of drug-likeness (QED) is 0.878. The number of hydrogen-bond donors (Lipinski definition) is 2. The van der Waals surface area contributed by atoms with Gasteiger partial charge in [0.2, 0.25) is 5.91 Å². The van der Waals surface area contributed by atoms with Gasteiger partial charge in [-0.05, 0) is 37.1 Å². The highest BCUT2D eigenvalue weighted by molar-refractivity contribution is 9.10. The maximum Gasteiger partial charge on any atom is 0.220 e. The van der Waals surface area contributed by atoms with Crippen molar-refractivity contribution in [2.75, 3.05) is 0 Å². The lowest BCUT2D eigenvalue weighted by atomic mass is 10.1. The first kappa shape index (κ1) is 14.6. The Morgan fingerprint density at radius 1 is 1.55 bits per heavy atom. The molecule has 0 aliphatic rings. The van der Waals surface area contributed by atoms with Crippen molar-refractivity contribution < 1.29 is 9.18 Å². The van der Waals surface area contributed by atoms with Gasteiger partial charge in [-0.1, -0.05) is 15.9 Å². The lowest BCUT2D eigenvalue weighted by molar-refractivity contribution is -0.121. The van der Waals surface area contributed by atoms with Crippen molar-refractivity contribution in [3.05, 3.63) is 46.2 Å². The Balaban J connectivity index is 1.87. The molecule has 0 unspecified atom stereocenters. The van der Waals surface area contributed by atoms with Crippen LogP contribution in [-0.2, 0) is 11.2 Å². The minimum absolute atomic E-state index is 0.120. The molecular formula is C13H14BrFN4O. The van der Waals surface area contributed by atoms with Crippen LogP contribution in [0.25, 0.3) is 0 Å². The number of H-pyrrole nitrogens is 1. The highest BCUT2D eigenvalue weighted by Crippen LogP contribution is 2.19. The molecule has 2 N–H and O–H groups in total. The van der Waals surface area contributed by atoms with E-state index in [-0.39, 0.29) is 24.2 Å². The zero-order chi connectivity index (χ0) is 14.5. The van der Waals surface area contributed by atoms with E-state index in [0.29, 0.717) is 12.2 Å². The Morgan fingerprint density at radius 2 is 2.35 bits per heavy atom. The number of aromatic amines is 1. The maximum absolute atomic E-state index is 13.1. The fourth-order valence-corrected chi connectivity index (χ4v) is 2.23. The number of carbonyl (C=O) groups excluding carboxylic acids is 1. The average Bonchev–Trinajstić information content (AvgIpc) is 2.94. The number of rotatable bonds is 5. The smallest absolute Gasteiger partial charge is 0.220 e. The molecule has 0 bridgehead atoms. The molecule has 0 fully saturated rings. The van der Waals surface area contributed by atoms with E-state index in [1.807, 2.05) is 6.92 Å². The summed E-state index contributed by atoms with van der Waals surface area (Å²) in [5, 5.41) is 9.23. The summed E-state index contributed by atoms with van der Waals surface area (Å²) < 4.78 is 13.9. The number of hydrogen-bond acceptors (Lipinski definition) is 3. The molecule has 1 atom stereocenters. The normalized spacial score (nSPS) is 12.2. The van der Waals surface area contributed by atoms with Crippen LogP contribution in [0.1, 0.15) is 30.8 Å². The lowest BCUT2D eigenvalue weighted by Gasteiger charge is -2.11. The second-order valence-corrected chi connectivity index (χ2v) is 5.25. The largest absolute Gasteiger partial charge is 0.346 e. The van der Waals surface area contributed by atoms with Crippen LogP contribution in [-0.4, -0.2) is 21.1 Å². The molecular weight excluding hydrogens is 327 g/mol. The van der Waals surface area contributed by atoms with Crippen molar-refractivity contribution in [3.8, 4) is 0 Å². The van der Waals surface area contributed by atoms with Gasteiger partial charge in [-0.2, -0.15) is 5.10 Å². The highest BCUT2D eigenvalue weighted by atomic mass is 79.9. The molecule has 20 heavy (non-hydrogen) atoms. The highest BCUT2D eigenvalue weighted by Gasteiger charge is 2.12. The topological polar surface area (TPSA) is 70.7 Å². The monoisotopic (exact) mass is 340 g/mol. The van der Waals surface area contributed by atoms with E-state index >= 15 is 0 Å². The second-order valence-electron chi connectivity index (χ2n) is 4.40. The molecule has 1 aromatic carbocycles. The molecule has 0 aliphatic carbocycles. The van der Waals surface area contributed by atoms with E-state index in [9.17, 15) is 9.18 Å². The summed E-state index contributed by atoms with van der Waals surface area (Å²) in [5.41, 5.74) is 0.771. The number of halogens is 2. The molecule has 5 nitrogen and oxygen atoms in total. The summed E-state index contributed by atoms with van der Waals surface area (Å²) in [6.07, 6.45) is 2.13. The third-order valence-electron chi connectivity index (χ3n) is 2.85. The summed E-state index contributed by atoms with van der Waals surface area (Å²) >= 11 is 3.34. The van der Waals surface area contributed by atoms with Gasteiger partial charge in [0.05, 0.1) is 6.04 Å². The number of nitrogens with zero attached hydrogens (tertiary/aromatic N) is 2. The van der Waals surface area contributed by atoms with Crippen molar-refractivity contribution in [2.45, 2.75) is 25.8 Å². The van der Waals surface area contributed by atoms with Crippen LogP contribution < -0.4 is 5.32 Å². The number of nitrogens with one attached hydrogen (secondary N) is 2. The molecule has 1 aromatic heterocycles. The standard InChI is InChI=1S/C13H14BrFN4O/c1-8(13-16-7-17-19-13)18-12(20)5-2-9-6-10(15)3-4-11(9)14/h3-4,6-8H,2,5H2,1H3,(H,18,20)(H,16,17,19)/t8-/m1/s1. The van der Waals surface area contributed by atoms with Crippen LogP contribution in [0.2, 0.25) is 0 Å². The fraction of sp³-hybridized carbons (Fsp3) is 0.308. The average molecular weight is 341 g/mol. The van der Waals surface area contributed by atoms with Gasteiger partial charge in [-0.3, -0.25) is 9.89 Å². The summed E-state index contributed by atoms with van der Waals surface area (Å²) in [4.78, 5) is 15.8. The third kappa shape index (κ3) is 3.86. The van der Waals surface area contributed by atoms with Crippen molar-refractivity contribution in [2.24, 2.45) is 0 Å². The van der Waals surface area contributed by atoms with Crippen LogP contribution in [0, 0.1) is 5.82 Å². The van der Waals surface area contributed by atoms with Gasteiger partial charge < -0.3 is 5.32 Å². The summed E-state index contributed by atoms with van der Waals surface area (Å²) in [5.74, 6) is 0.175. The Bertz CT molecular complexity index is 588. The van der Waals surface area contributed by atoms with Gasteiger partial charge in [0.25, 0.3) is 0 Å². The number of benzene rings is 1. The zero-order valence-corrected chi connectivity index (χ0v) is 12.4. The first-order valence-corrected chi connectivity index (χ1v) is 6.94. The van der Waals surface area contributed by atoms with Gasteiger partial charge in [0.1, 0.15) is 18.0 Å². The van der Waals surface area contributed by atoms with Crippen molar-refractivity contribution >= 4 is 21.8 Å². The molecule has 1 amide bonds. The van der Waals surface area contributed by atoms with E-state index in [1.54, 1.807) is 6.07 Å². The second kappa shape index (κ2) is 6.60. The minimum atomic E-state index is -0.307. The van der Waals surface area contributed by atoms with Gasteiger partial charge >= 0.3 is 0 Å². The lowest BCUT2D eigenvalue weighted by Crippen LogP contribution is -2.27. The Hall–Kier alpha value is -1.76. The summed E-state index contributed by atoms with van der Waals surface area (Å²) in [6.45, 7) is 1.82. The molecule has 2 aromatic rings. The fourth-order valence-electron chi connectivity index (χ4n) is 1.79. The Labute approximate surface area is 124 Å². The van der Waals surface area contributed by atoms with Crippen molar-refractivity contribution in [1.29, 1.82) is 0 Å². The molecule has 0 aliphatic heterocycles. The Kier molecular flexibility index (Phi) is 4.84. The van der Waals surface area contributed by atoms with Crippen LogP contribution in [0.15, 0.2) is 29.0 Å². The zero-order valence-electron chi connectivity index (χ0n) is 10.9. The van der Waals surface area contributed by atoms with Gasteiger partial charge in [0, 0.05) is 10.9 Å². The predicted octanol–water partition coefficient (Wildman–Crippen LogP) is 2.52. The molecule has 106 valence electrons. The third-order valence-corrected chi connectivity index (χ3v) is 3.62. The van der Waals surface area contributed by atoms with E-state index in [1.165, 1.54) is 18.5 Å². The maximum atomic E-state index is 13.1. The minimum Gasteiger partial charge on any atom is -0.346 e. The van der Waals surface area contributed by atoms with Gasteiger partial charge in [-0.15, -0.1) is 0 Å². The van der Waals surface area contributed by atoms with Crippen LogP contribution in [0.4, 0.5) is 4.39 Å². The Morgan fingerprint density at radius 3 is 3.05 bits per heavy atom. The molecule has 0 radical (unpaired) electrons. The van der Waals surface area contributed by atoms with E-state index < -0.39 is 0 Å². The molecule has 7 heteroatoms. The summed E-state index contributed by atoms with van der Waals surface area (Å²) in [6, 6.07) is 4.21. The van der Waals surface area contributed by atoms with Crippen LogP contribution in [0.5, 0.6) is 0 Å². The molecule has 1 heterocycles. The molecule has 0 spiro atoms. The first-order chi connectivity index (χ1) is 9.56. The van der Waals surface area contributed by atoms with Crippen LogP contribution >= 0.6 is 15.9 Å². The summed E-state index contributed by atoms with van der Waals surface area (Å²) in [7, 11) is 0. The number of carbonyl (C=O) groups is 1. The number of amides is 1. The van der Waals surface area contributed by atoms with Crippen LogP contribution in [0.3, 0.4) is 0 Å². The van der Waals surface area contributed by atoms with E-state index in [2.05, 4.69) is 36.4 Å². The molecule has 0 saturated heterocycles. The van der Waals surface area contributed by atoms with E-state index in [4.69, 9.17) is 0 Å².